The number of nitrogens with one attached hydrogen (secondary N) is 1. The second kappa shape index (κ2) is 5.26. The summed E-state index contributed by atoms with van der Waals surface area (Å²) in [5.41, 5.74) is -0.0898. The molecule has 0 bridgehead atoms. The van der Waals surface area contributed by atoms with Crippen LogP contribution >= 0.6 is 35.0 Å². The first-order valence-corrected chi connectivity index (χ1v) is 6.97. The Hall–Kier alpha value is -0.850. The van der Waals surface area contributed by atoms with E-state index in [1.807, 2.05) is 6.26 Å². The van der Waals surface area contributed by atoms with E-state index in [4.69, 9.17) is 23.2 Å². The van der Waals surface area contributed by atoms with Gasteiger partial charge in [0.15, 0.2) is 0 Å². The maximum atomic E-state index is 12.6. The number of alkyl halides is 3. The molecule has 1 aromatic heterocycles. The lowest BCUT2D eigenvalue weighted by Crippen LogP contribution is -2.05. The minimum Gasteiger partial charge on any atom is -0.277 e. The molecular formula is C11H7Cl2F3N2S. The van der Waals surface area contributed by atoms with Crippen molar-refractivity contribution in [2.75, 3.05) is 6.26 Å². The highest BCUT2D eigenvalue weighted by molar-refractivity contribution is 7.98. The van der Waals surface area contributed by atoms with Crippen LogP contribution in [0.15, 0.2) is 23.2 Å². The molecule has 2 rings (SSSR count). The molecule has 0 aliphatic carbocycles. The maximum absolute atomic E-state index is 12.6. The molecule has 0 saturated heterocycles. The van der Waals surface area contributed by atoms with Gasteiger partial charge in [-0.15, -0.1) is 11.8 Å². The van der Waals surface area contributed by atoms with E-state index in [0.29, 0.717) is 16.3 Å². The molecule has 0 fully saturated rings. The van der Waals surface area contributed by atoms with Gasteiger partial charge in [0.2, 0.25) is 0 Å². The van der Waals surface area contributed by atoms with Crippen LogP contribution in [0.1, 0.15) is 5.56 Å². The first-order chi connectivity index (χ1) is 8.82. The number of aromatic amines is 1. The molecule has 2 nitrogen and oxygen atoms in total. The van der Waals surface area contributed by atoms with Crippen molar-refractivity contribution >= 4 is 35.0 Å². The standard InChI is InChI=1S/C11H7Cl2F3N2S/c1-19-9-4-8(17-18-9)10-6(12)2-5(3-7(10)13)11(14,15)16/h2-4H,1H3,(H,17,18). The third kappa shape index (κ3) is 3.01. The molecule has 0 unspecified atom stereocenters. The third-order valence-corrected chi connectivity index (χ3v) is 3.63. The van der Waals surface area contributed by atoms with Crippen LogP contribution < -0.4 is 0 Å². The normalized spacial score (nSPS) is 11.9. The van der Waals surface area contributed by atoms with Gasteiger partial charge in [-0.3, -0.25) is 5.10 Å². The lowest BCUT2D eigenvalue weighted by molar-refractivity contribution is -0.137. The van der Waals surface area contributed by atoms with Crippen LogP contribution in [0, 0.1) is 0 Å². The number of hydrogen-bond acceptors (Lipinski definition) is 2. The Kier molecular flexibility index (Phi) is 4.03. The number of benzene rings is 1. The Labute approximate surface area is 121 Å². The Bertz CT molecular complexity index is 587. The molecule has 1 aromatic carbocycles. The lowest BCUT2D eigenvalue weighted by Gasteiger charge is -2.11. The van der Waals surface area contributed by atoms with Gasteiger partial charge in [0, 0.05) is 5.56 Å². The molecule has 1 heterocycles. The number of nitrogens with zero attached hydrogens (tertiary/aromatic N) is 1. The van der Waals surface area contributed by atoms with Gasteiger partial charge in [-0.1, -0.05) is 23.2 Å². The largest absolute Gasteiger partial charge is 0.416 e. The summed E-state index contributed by atoms with van der Waals surface area (Å²) in [5, 5.41) is 7.21. The van der Waals surface area contributed by atoms with Crippen molar-refractivity contribution in [2.45, 2.75) is 11.2 Å². The number of hydrogen-bond donors (Lipinski definition) is 1. The summed E-state index contributed by atoms with van der Waals surface area (Å²) in [6, 6.07) is 3.37. The molecule has 0 spiro atoms. The molecule has 19 heavy (non-hydrogen) atoms. The van der Waals surface area contributed by atoms with Crippen LogP contribution in [0.3, 0.4) is 0 Å². The smallest absolute Gasteiger partial charge is 0.277 e. The molecule has 1 N–H and O–H groups in total. The lowest BCUT2D eigenvalue weighted by atomic mass is 10.1. The van der Waals surface area contributed by atoms with Crippen LogP contribution in [0.4, 0.5) is 13.2 Å². The molecule has 0 aliphatic heterocycles. The van der Waals surface area contributed by atoms with E-state index in [2.05, 4.69) is 10.2 Å². The minimum atomic E-state index is -4.48. The average molecular weight is 327 g/mol. The SMILES string of the molecule is CSc1cc(-c2c(Cl)cc(C(F)(F)F)cc2Cl)[nH]n1. The molecule has 0 radical (unpaired) electrons. The second-order valence-electron chi connectivity index (χ2n) is 3.64. The van der Waals surface area contributed by atoms with Crippen molar-refractivity contribution in [1.82, 2.24) is 10.2 Å². The fourth-order valence-electron chi connectivity index (χ4n) is 1.53. The van der Waals surface area contributed by atoms with E-state index in [1.54, 1.807) is 6.07 Å². The van der Waals surface area contributed by atoms with E-state index < -0.39 is 11.7 Å². The number of rotatable bonds is 2. The monoisotopic (exact) mass is 326 g/mol. The van der Waals surface area contributed by atoms with E-state index in [-0.39, 0.29) is 10.0 Å². The van der Waals surface area contributed by atoms with Gasteiger partial charge < -0.3 is 0 Å². The molecule has 0 atom stereocenters. The first kappa shape index (κ1) is 14.6. The highest BCUT2D eigenvalue weighted by Gasteiger charge is 2.32. The number of halogens is 5. The Morgan fingerprint density at radius 3 is 2.16 bits per heavy atom. The van der Waals surface area contributed by atoms with Gasteiger partial charge in [-0.25, -0.2) is 0 Å². The fraction of sp³-hybridized carbons (Fsp3) is 0.182. The third-order valence-electron chi connectivity index (χ3n) is 2.40. The number of thioether (sulfide) groups is 1. The van der Waals surface area contributed by atoms with Crippen LogP contribution in [0.25, 0.3) is 11.3 Å². The van der Waals surface area contributed by atoms with Crippen LogP contribution in [-0.2, 0) is 6.18 Å². The van der Waals surface area contributed by atoms with Crippen molar-refractivity contribution in [2.24, 2.45) is 0 Å². The summed E-state index contributed by atoms with van der Waals surface area (Å²) in [5.74, 6) is 0. The average Bonchev–Trinajstić information content (AvgIpc) is 2.75. The quantitative estimate of drug-likeness (QED) is 0.775. The molecular weight excluding hydrogens is 320 g/mol. The zero-order valence-electron chi connectivity index (χ0n) is 9.48. The highest BCUT2D eigenvalue weighted by atomic mass is 35.5. The van der Waals surface area contributed by atoms with E-state index in [0.717, 1.165) is 12.1 Å². The summed E-state index contributed by atoms with van der Waals surface area (Å²) in [6.07, 6.45) is -2.65. The topological polar surface area (TPSA) is 28.7 Å². The zero-order valence-corrected chi connectivity index (χ0v) is 11.8. The van der Waals surface area contributed by atoms with Gasteiger partial charge in [-0.05, 0) is 24.5 Å². The number of aromatic nitrogens is 2. The first-order valence-electron chi connectivity index (χ1n) is 4.99. The summed E-state index contributed by atoms with van der Waals surface area (Å²) in [6.45, 7) is 0. The summed E-state index contributed by atoms with van der Waals surface area (Å²) < 4.78 is 37.8. The van der Waals surface area contributed by atoms with Gasteiger partial charge in [0.05, 0.1) is 21.3 Å². The molecule has 0 aliphatic rings. The minimum absolute atomic E-state index is 0.0730. The van der Waals surface area contributed by atoms with Gasteiger partial charge in [-0.2, -0.15) is 18.3 Å². The maximum Gasteiger partial charge on any atom is 0.416 e. The molecule has 2 aromatic rings. The van der Waals surface area contributed by atoms with E-state index in [1.165, 1.54) is 11.8 Å². The summed E-state index contributed by atoms with van der Waals surface area (Å²) in [7, 11) is 0. The predicted octanol–water partition coefficient (Wildman–Crippen LogP) is 5.12. The van der Waals surface area contributed by atoms with Gasteiger partial charge in [0.25, 0.3) is 0 Å². The van der Waals surface area contributed by atoms with Crippen molar-refractivity contribution in [3.8, 4) is 11.3 Å². The Morgan fingerprint density at radius 1 is 1.16 bits per heavy atom. The van der Waals surface area contributed by atoms with E-state index in [9.17, 15) is 13.2 Å². The fourth-order valence-corrected chi connectivity index (χ4v) is 2.59. The van der Waals surface area contributed by atoms with Crippen molar-refractivity contribution in [3.05, 3.63) is 33.8 Å². The van der Waals surface area contributed by atoms with Gasteiger partial charge in [0.1, 0.15) is 5.03 Å². The molecule has 102 valence electrons. The van der Waals surface area contributed by atoms with Crippen molar-refractivity contribution < 1.29 is 13.2 Å². The van der Waals surface area contributed by atoms with Crippen molar-refractivity contribution in [1.29, 1.82) is 0 Å². The highest BCUT2D eigenvalue weighted by Crippen LogP contribution is 2.40. The summed E-state index contributed by atoms with van der Waals surface area (Å²) >= 11 is 13.2. The second-order valence-corrected chi connectivity index (χ2v) is 5.28. The van der Waals surface area contributed by atoms with Crippen molar-refractivity contribution in [3.63, 3.8) is 0 Å². The van der Waals surface area contributed by atoms with Crippen LogP contribution in [0.2, 0.25) is 10.0 Å². The summed E-state index contributed by atoms with van der Waals surface area (Å²) in [4.78, 5) is 0. The predicted molar refractivity (Wildman–Crippen MR) is 70.8 cm³/mol. The van der Waals surface area contributed by atoms with Crippen LogP contribution in [0.5, 0.6) is 0 Å². The van der Waals surface area contributed by atoms with E-state index >= 15 is 0 Å². The van der Waals surface area contributed by atoms with Crippen LogP contribution in [-0.4, -0.2) is 16.5 Å². The number of H-pyrrole nitrogens is 1. The molecule has 0 amide bonds. The molecule has 0 saturated carbocycles. The van der Waals surface area contributed by atoms with Gasteiger partial charge >= 0.3 is 6.18 Å². The Morgan fingerprint density at radius 2 is 1.74 bits per heavy atom. The molecule has 8 heteroatoms. The zero-order chi connectivity index (χ0) is 14.2. The Balaban J connectivity index is 2.53.